The molecule has 158 valence electrons. The van der Waals surface area contributed by atoms with Crippen molar-refractivity contribution in [3.05, 3.63) is 48.0 Å². The van der Waals surface area contributed by atoms with E-state index in [2.05, 4.69) is 17.0 Å². The molecule has 6 nitrogen and oxygen atoms in total. The summed E-state index contributed by atoms with van der Waals surface area (Å²) in [7, 11) is 4.97. The van der Waals surface area contributed by atoms with Crippen LogP contribution in [-0.4, -0.2) is 50.8 Å². The van der Waals surface area contributed by atoms with Crippen molar-refractivity contribution in [3.63, 3.8) is 0 Å². The number of hydrogen-bond donors (Lipinski definition) is 0. The minimum atomic E-state index is -0.388. The summed E-state index contributed by atoms with van der Waals surface area (Å²) in [5.41, 5.74) is 1.74. The van der Waals surface area contributed by atoms with Crippen LogP contribution in [-0.2, 0) is 4.79 Å². The molecule has 6 heteroatoms. The van der Waals surface area contributed by atoms with Gasteiger partial charge in [0.1, 0.15) is 11.3 Å². The van der Waals surface area contributed by atoms with E-state index in [4.69, 9.17) is 14.2 Å². The molecule has 3 heterocycles. The van der Waals surface area contributed by atoms with E-state index in [0.29, 0.717) is 5.92 Å². The van der Waals surface area contributed by atoms with Crippen LogP contribution in [0, 0.1) is 5.92 Å². The maximum Gasteiger partial charge on any atom is 0.247 e. The highest BCUT2D eigenvalue weighted by molar-refractivity contribution is 6.04. The molecule has 0 N–H and O–H groups in total. The minimum absolute atomic E-state index is 0.230. The Morgan fingerprint density at radius 1 is 1.00 bits per heavy atom. The largest absolute Gasteiger partial charge is 0.497 e. The Labute approximate surface area is 177 Å². The molecule has 1 spiro atoms. The third kappa shape index (κ3) is 2.63. The number of anilines is 1. The van der Waals surface area contributed by atoms with Gasteiger partial charge in [-0.25, -0.2) is 0 Å². The molecule has 0 bridgehead atoms. The first kappa shape index (κ1) is 19.2. The van der Waals surface area contributed by atoms with Crippen LogP contribution in [0.3, 0.4) is 0 Å². The lowest BCUT2D eigenvalue weighted by molar-refractivity contribution is -0.126. The van der Waals surface area contributed by atoms with Crippen LogP contribution in [0.5, 0.6) is 17.2 Å². The van der Waals surface area contributed by atoms with Crippen molar-refractivity contribution in [3.8, 4) is 17.2 Å². The summed E-state index contributed by atoms with van der Waals surface area (Å²) >= 11 is 0. The molecule has 3 aliphatic rings. The van der Waals surface area contributed by atoms with Gasteiger partial charge < -0.3 is 19.1 Å². The van der Waals surface area contributed by atoms with Crippen LogP contribution in [0.15, 0.2) is 42.5 Å². The average molecular weight is 408 g/mol. The zero-order valence-corrected chi connectivity index (χ0v) is 17.8. The Bertz CT molecular complexity index is 977. The van der Waals surface area contributed by atoms with Gasteiger partial charge in [-0.2, -0.15) is 0 Å². The van der Waals surface area contributed by atoms with Crippen molar-refractivity contribution in [1.82, 2.24) is 4.90 Å². The van der Waals surface area contributed by atoms with Gasteiger partial charge in [-0.05, 0) is 55.6 Å². The van der Waals surface area contributed by atoms with Crippen LogP contribution in [0.1, 0.15) is 30.9 Å². The molecule has 0 unspecified atom stereocenters. The van der Waals surface area contributed by atoms with Gasteiger partial charge in [-0.3, -0.25) is 9.69 Å². The van der Waals surface area contributed by atoms with E-state index in [1.165, 1.54) is 5.56 Å². The van der Waals surface area contributed by atoms with Gasteiger partial charge in [0.2, 0.25) is 5.91 Å². The zero-order valence-electron chi connectivity index (χ0n) is 17.8. The Kier molecular flexibility index (Phi) is 4.62. The molecule has 0 saturated carbocycles. The first-order chi connectivity index (χ1) is 14.6. The summed E-state index contributed by atoms with van der Waals surface area (Å²) in [6, 6.07) is 14.2. The number of benzene rings is 2. The number of methoxy groups -OCH3 is 3. The van der Waals surface area contributed by atoms with Crippen LogP contribution < -0.4 is 19.1 Å². The zero-order chi connectivity index (χ0) is 20.9. The Morgan fingerprint density at radius 3 is 2.60 bits per heavy atom. The van der Waals surface area contributed by atoms with Gasteiger partial charge in [0.25, 0.3) is 0 Å². The number of carbonyl (C=O) groups excluding carboxylic acids is 1. The van der Waals surface area contributed by atoms with Gasteiger partial charge in [0, 0.05) is 30.3 Å². The van der Waals surface area contributed by atoms with E-state index in [1.54, 1.807) is 21.3 Å². The van der Waals surface area contributed by atoms with E-state index >= 15 is 0 Å². The average Bonchev–Trinajstić information content (AvgIpc) is 3.43. The molecular formula is C24H28N2O4. The smallest absolute Gasteiger partial charge is 0.247 e. The van der Waals surface area contributed by atoms with Crippen molar-refractivity contribution in [1.29, 1.82) is 0 Å². The van der Waals surface area contributed by atoms with Gasteiger partial charge >= 0.3 is 0 Å². The summed E-state index contributed by atoms with van der Waals surface area (Å²) < 4.78 is 16.3. The molecule has 3 atom stereocenters. The second kappa shape index (κ2) is 7.20. The molecule has 1 amide bonds. The van der Waals surface area contributed by atoms with Crippen LogP contribution in [0.25, 0.3) is 0 Å². The molecular weight excluding hydrogens is 380 g/mol. The topological polar surface area (TPSA) is 51.2 Å². The summed E-state index contributed by atoms with van der Waals surface area (Å²) in [4.78, 5) is 18.2. The maximum atomic E-state index is 13.8. The molecule has 30 heavy (non-hydrogen) atoms. The molecule has 0 aromatic heterocycles. The number of hydrogen-bond acceptors (Lipinski definition) is 5. The predicted molar refractivity (Wildman–Crippen MR) is 114 cm³/mol. The lowest BCUT2D eigenvalue weighted by Crippen LogP contribution is -2.49. The van der Waals surface area contributed by atoms with E-state index in [9.17, 15) is 4.79 Å². The van der Waals surface area contributed by atoms with Crippen molar-refractivity contribution in [2.45, 2.75) is 30.8 Å². The second-order valence-electron chi connectivity index (χ2n) is 8.40. The molecule has 5 rings (SSSR count). The monoisotopic (exact) mass is 408 g/mol. The van der Waals surface area contributed by atoms with Crippen LogP contribution >= 0.6 is 0 Å². The molecule has 3 aliphatic heterocycles. The van der Waals surface area contributed by atoms with Crippen molar-refractivity contribution in [2.75, 3.05) is 39.3 Å². The van der Waals surface area contributed by atoms with Gasteiger partial charge in [0.05, 0.1) is 21.3 Å². The van der Waals surface area contributed by atoms with Gasteiger partial charge in [-0.15, -0.1) is 0 Å². The highest BCUT2D eigenvalue weighted by Gasteiger charge is 2.65. The SMILES string of the molecule is COc1cccc(N2C[C@@H]3C[C@@H](c4ccc(OC)c(OC)c4)N4CCC[C@@]34C2=O)c1. The maximum absolute atomic E-state index is 13.8. The first-order valence-corrected chi connectivity index (χ1v) is 10.6. The Morgan fingerprint density at radius 2 is 1.83 bits per heavy atom. The molecule has 0 radical (unpaired) electrons. The van der Waals surface area contributed by atoms with E-state index in [1.807, 2.05) is 35.2 Å². The predicted octanol–water partition coefficient (Wildman–Crippen LogP) is 3.65. The molecule has 2 aromatic rings. The van der Waals surface area contributed by atoms with E-state index in [0.717, 1.165) is 55.3 Å². The standard InChI is InChI=1S/C24H28N2O4/c1-28-19-7-4-6-18(14-19)25-15-17-13-20(26-11-5-10-24(17,26)23(25)27)16-8-9-21(29-2)22(12-16)30-3/h4,6-9,12,14,17,20H,5,10-11,13,15H2,1-3H3/t17-,20-,24-/m0/s1. The van der Waals surface area contributed by atoms with Crippen LogP contribution in [0.2, 0.25) is 0 Å². The minimum Gasteiger partial charge on any atom is -0.497 e. The van der Waals surface area contributed by atoms with E-state index in [-0.39, 0.29) is 17.5 Å². The Hall–Kier alpha value is -2.73. The van der Waals surface area contributed by atoms with Crippen LogP contribution in [0.4, 0.5) is 5.69 Å². The fourth-order valence-electron chi connectivity index (χ4n) is 5.87. The molecule has 2 aromatic carbocycles. The molecule has 3 saturated heterocycles. The summed E-state index contributed by atoms with van der Waals surface area (Å²) in [5, 5.41) is 0. The number of ether oxygens (including phenoxy) is 3. The summed E-state index contributed by atoms with van der Waals surface area (Å²) in [6.45, 7) is 1.71. The lowest BCUT2D eigenvalue weighted by atomic mass is 9.85. The number of rotatable bonds is 5. The van der Waals surface area contributed by atoms with Crippen molar-refractivity contribution < 1.29 is 19.0 Å². The van der Waals surface area contributed by atoms with Crippen molar-refractivity contribution in [2.24, 2.45) is 5.92 Å². The Balaban J connectivity index is 1.47. The van der Waals surface area contributed by atoms with Gasteiger partial charge in [-0.1, -0.05) is 12.1 Å². The quantitative estimate of drug-likeness (QED) is 0.756. The van der Waals surface area contributed by atoms with Gasteiger partial charge in [0.15, 0.2) is 11.5 Å². The first-order valence-electron chi connectivity index (χ1n) is 10.6. The second-order valence-corrected chi connectivity index (χ2v) is 8.40. The van der Waals surface area contributed by atoms with Crippen molar-refractivity contribution >= 4 is 11.6 Å². The highest BCUT2D eigenvalue weighted by Crippen LogP contribution is 2.57. The summed E-state index contributed by atoms with van der Waals surface area (Å²) in [5.74, 6) is 2.81. The number of carbonyl (C=O) groups is 1. The van der Waals surface area contributed by atoms with E-state index < -0.39 is 0 Å². The third-order valence-corrected chi connectivity index (χ3v) is 7.20. The molecule has 0 aliphatic carbocycles. The highest BCUT2D eigenvalue weighted by atomic mass is 16.5. The normalized spacial score (nSPS) is 27.8. The summed E-state index contributed by atoms with van der Waals surface area (Å²) in [6.07, 6.45) is 2.96. The number of nitrogens with zero attached hydrogens (tertiary/aromatic N) is 2. The number of amides is 1. The molecule has 3 fully saturated rings. The fraction of sp³-hybridized carbons (Fsp3) is 0.458. The lowest BCUT2D eigenvalue weighted by Gasteiger charge is -2.33. The fourth-order valence-corrected chi connectivity index (χ4v) is 5.87. The third-order valence-electron chi connectivity index (χ3n) is 7.20.